The van der Waals surface area contributed by atoms with Crippen molar-refractivity contribution >= 4 is 15.7 Å². The number of methoxy groups -OCH3 is 2. The van der Waals surface area contributed by atoms with Crippen LogP contribution in [0.5, 0.6) is 11.5 Å². The molecular weight excluding hydrogens is 278 g/mol. The Bertz CT molecular complexity index is 684. The van der Waals surface area contributed by atoms with E-state index >= 15 is 0 Å². The van der Waals surface area contributed by atoms with Gasteiger partial charge in [-0.3, -0.25) is 4.72 Å². The van der Waals surface area contributed by atoms with E-state index in [4.69, 9.17) is 9.47 Å². The molecule has 2 rings (SSSR count). The van der Waals surface area contributed by atoms with E-state index in [9.17, 15) is 8.42 Å². The standard InChI is InChI=1S/C14H14NO4S/c1-18-13-9-8-12(10-14(13)19-2)20(16,17)15-11-6-4-3-5-7-11/h3-6,8-10,15H,1-2H3. The van der Waals surface area contributed by atoms with Gasteiger partial charge in [-0.1, -0.05) is 18.2 Å². The predicted octanol–water partition coefficient (Wildman–Crippen LogP) is 2.30. The van der Waals surface area contributed by atoms with E-state index in [1.165, 1.54) is 26.4 Å². The van der Waals surface area contributed by atoms with Crippen molar-refractivity contribution < 1.29 is 17.9 Å². The molecule has 2 aromatic carbocycles. The van der Waals surface area contributed by atoms with Crippen LogP contribution in [0.3, 0.4) is 0 Å². The highest BCUT2D eigenvalue weighted by Gasteiger charge is 2.17. The highest BCUT2D eigenvalue weighted by molar-refractivity contribution is 7.92. The van der Waals surface area contributed by atoms with Gasteiger partial charge in [-0.25, -0.2) is 8.42 Å². The Morgan fingerprint density at radius 2 is 1.80 bits per heavy atom. The minimum Gasteiger partial charge on any atom is -0.493 e. The lowest BCUT2D eigenvalue weighted by Gasteiger charge is -2.11. The number of nitrogens with one attached hydrogen (secondary N) is 1. The third-order valence-corrected chi connectivity index (χ3v) is 3.98. The zero-order valence-corrected chi connectivity index (χ0v) is 11.9. The van der Waals surface area contributed by atoms with Crippen LogP contribution in [0.1, 0.15) is 0 Å². The molecule has 5 nitrogen and oxygen atoms in total. The predicted molar refractivity (Wildman–Crippen MR) is 75.6 cm³/mol. The molecule has 1 N–H and O–H groups in total. The summed E-state index contributed by atoms with van der Waals surface area (Å²) in [6.45, 7) is 0. The minimum absolute atomic E-state index is 0.0902. The summed E-state index contributed by atoms with van der Waals surface area (Å²) in [5, 5.41) is 0. The van der Waals surface area contributed by atoms with Gasteiger partial charge in [-0.15, -0.1) is 0 Å². The zero-order chi connectivity index (χ0) is 14.6. The molecule has 0 aromatic heterocycles. The molecule has 2 aromatic rings. The molecule has 0 saturated heterocycles. The van der Waals surface area contributed by atoms with Crippen molar-refractivity contribution in [2.75, 3.05) is 18.9 Å². The minimum atomic E-state index is -3.69. The van der Waals surface area contributed by atoms with Crippen LogP contribution in [-0.2, 0) is 10.0 Å². The molecule has 0 saturated carbocycles. The number of para-hydroxylation sites is 1. The Labute approximate surface area is 118 Å². The van der Waals surface area contributed by atoms with Crippen molar-refractivity contribution in [1.29, 1.82) is 0 Å². The van der Waals surface area contributed by atoms with Crippen LogP contribution in [0.15, 0.2) is 47.4 Å². The van der Waals surface area contributed by atoms with Crippen LogP contribution in [0.4, 0.5) is 5.69 Å². The molecule has 0 heterocycles. The second-order valence-corrected chi connectivity index (χ2v) is 5.58. The van der Waals surface area contributed by atoms with E-state index < -0.39 is 10.0 Å². The number of hydrogen-bond donors (Lipinski definition) is 1. The summed E-state index contributed by atoms with van der Waals surface area (Å²) in [6, 6.07) is 13.9. The average molecular weight is 292 g/mol. The fourth-order valence-corrected chi connectivity index (χ4v) is 2.69. The molecule has 6 heteroatoms. The van der Waals surface area contributed by atoms with Gasteiger partial charge < -0.3 is 9.47 Å². The maximum Gasteiger partial charge on any atom is 0.262 e. The van der Waals surface area contributed by atoms with Gasteiger partial charge in [0, 0.05) is 12.1 Å². The number of ether oxygens (including phenoxy) is 2. The molecule has 0 aliphatic rings. The first-order chi connectivity index (χ1) is 9.56. The lowest BCUT2D eigenvalue weighted by Crippen LogP contribution is -2.13. The molecule has 1 radical (unpaired) electrons. The lowest BCUT2D eigenvalue weighted by molar-refractivity contribution is 0.354. The SMILES string of the molecule is COc1ccc(S(=O)(=O)Nc2[c]cccc2)cc1OC. The fraction of sp³-hybridized carbons (Fsp3) is 0.143. The van der Waals surface area contributed by atoms with Crippen LogP contribution in [0, 0.1) is 6.07 Å². The fourth-order valence-electron chi connectivity index (χ4n) is 1.64. The molecular formula is C14H14NO4S. The van der Waals surface area contributed by atoms with E-state index in [1.807, 2.05) is 0 Å². The molecule has 0 unspecified atom stereocenters. The van der Waals surface area contributed by atoms with E-state index in [1.54, 1.807) is 30.3 Å². The maximum absolute atomic E-state index is 12.2. The van der Waals surface area contributed by atoms with Crippen molar-refractivity contribution in [2.45, 2.75) is 4.90 Å². The van der Waals surface area contributed by atoms with Crippen LogP contribution in [0.2, 0.25) is 0 Å². The summed E-state index contributed by atoms with van der Waals surface area (Å²) in [5.41, 5.74) is 0.377. The third kappa shape index (κ3) is 3.03. The molecule has 20 heavy (non-hydrogen) atoms. The monoisotopic (exact) mass is 292 g/mol. The van der Waals surface area contributed by atoms with Gasteiger partial charge in [0.05, 0.1) is 24.8 Å². The lowest BCUT2D eigenvalue weighted by atomic mass is 10.3. The Balaban J connectivity index is 2.35. The number of anilines is 1. The molecule has 0 bridgehead atoms. The smallest absolute Gasteiger partial charge is 0.262 e. The van der Waals surface area contributed by atoms with Crippen molar-refractivity contribution in [3.63, 3.8) is 0 Å². The largest absolute Gasteiger partial charge is 0.493 e. The molecule has 0 spiro atoms. The van der Waals surface area contributed by atoms with Crippen LogP contribution in [-0.4, -0.2) is 22.6 Å². The summed E-state index contributed by atoms with van der Waals surface area (Å²) in [7, 11) is -0.747. The van der Waals surface area contributed by atoms with Gasteiger partial charge in [-0.05, 0) is 18.2 Å². The summed E-state index contributed by atoms with van der Waals surface area (Å²) in [5.74, 6) is 0.824. The van der Waals surface area contributed by atoms with Gasteiger partial charge in [0.25, 0.3) is 10.0 Å². The van der Waals surface area contributed by atoms with Crippen LogP contribution in [0.25, 0.3) is 0 Å². The number of sulfonamides is 1. The first-order valence-corrected chi connectivity index (χ1v) is 7.26. The second kappa shape index (κ2) is 5.83. The molecule has 0 atom stereocenters. The van der Waals surface area contributed by atoms with Gasteiger partial charge in [0.2, 0.25) is 0 Å². The van der Waals surface area contributed by atoms with Crippen LogP contribution < -0.4 is 14.2 Å². The van der Waals surface area contributed by atoms with Crippen LogP contribution >= 0.6 is 0 Å². The Hall–Kier alpha value is -2.21. The average Bonchev–Trinajstić information content (AvgIpc) is 2.47. The molecule has 0 fully saturated rings. The van der Waals surface area contributed by atoms with Crippen molar-refractivity contribution in [3.05, 3.63) is 48.5 Å². The highest BCUT2D eigenvalue weighted by Crippen LogP contribution is 2.30. The Kier molecular flexibility index (Phi) is 4.14. The van der Waals surface area contributed by atoms with Crippen molar-refractivity contribution in [2.24, 2.45) is 0 Å². The first kappa shape index (κ1) is 14.2. The summed E-state index contributed by atoms with van der Waals surface area (Å²) < 4.78 is 37.1. The highest BCUT2D eigenvalue weighted by atomic mass is 32.2. The Morgan fingerprint density at radius 3 is 2.40 bits per heavy atom. The maximum atomic E-state index is 12.2. The third-order valence-electron chi connectivity index (χ3n) is 2.62. The Morgan fingerprint density at radius 1 is 1.05 bits per heavy atom. The van der Waals surface area contributed by atoms with E-state index in [0.29, 0.717) is 17.2 Å². The summed E-state index contributed by atoms with van der Waals surface area (Å²) in [6.07, 6.45) is 0. The molecule has 0 aliphatic heterocycles. The summed E-state index contributed by atoms with van der Waals surface area (Å²) >= 11 is 0. The van der Waals surface area contributed by atoms with E-state index in [-0.39, 0.29) is 4.90 Å². The molecule has 105 valence electrons. The van der Waals surface area contributed by atoms with Crippen molar-refractivity contribution in [3.8, 4) is 11.5 Å². The number of rotatable bonds is 5. The first-order valence-electron chi connectivity index (χ1n) is 5.78. The topological polar surface area (TPSA) is 64.6 Å². The number of benzene rings is 2. The molecule has 0 amide bonds. The van der Waals surface area contributed by atoms with Gasteiger partial charge in [0.15, 0.2) is 11.5 Å². The second-order valence-electron chi connectivity index (χ2n) is 3.90. The van der Waals surface area contributed by atoms with Gasteiger partial charge in [-0.2, -0.15) is 0 Å². The van der Waals surface area contributed by atoms with Gasteiger partial charge >= 0.3 is 0 Å². The van der Waals surface area contributed by atoms with E-state index in [0.717, 1.165) is 0 Å². The quantitative estimate of drug-likeness (QED) is 0.918. The number of hydrogen-bond acceptors (Lipinski definition) is 4. The van der Waals surface area contributed by atoms with Gasteiger partial charge in [0.1, 0.15) is 0 Å². The summed E-state index contributed by atoms with van der Waals surface area (Å²) in [4.78, 5) is 0.0902. The van der Waals surface area contributed by atoms with E-state index in [2.05, 4.69) is 10.8 Å². The van der Waals surface area contributed by atoms with Crippen molar-refractivity contribution in [1.82, 2.24) is 0 Å². The molecule has 0 aliphatic carbocycles. The normalized spacial score (nSPS) is 10.9. The zero-order valence-electron chi connectivity index (χ0n) is 11.1.